The number of aromatic nitrogens is 2. The largest absolute Gasteiger partial charge is 0.254 e. The van der Waals surface area contributed by atoms with Crippen LogP contribution in [0, 0.1) is 11.8 Å². The highest BCUT2D eigenvalue weighted by molar-refractivity contribution is 4.78. The third-order valence-electron chi connectivity index (χ3n) is 2.01. The Labute approximate surface area is 81.0 Å². The van der Waals surface area contributed by atoms with Crippen LogP contribution in [-0.2, 0) is 13.0 Å². The van der Waals surface area contributed by atoms with Crippen molar-refractivity contribution in [1.82, 2.24) is 4.98 Å². The molecule has 0 bridgehead atoms. The highest BCUT2D eigenvalue weighted by Gasteiger charge is 2.12. The standard InChI is InChI=1S/C11H20N2/c1-9(2)7-11-12-5-6-13(11)8-10(3)4/h5-6,9-10H,7-8H2,1-4H3/p+1. The average Bonchev–Trinajstić information content (AvgIpc) is 2.34. The van der Waals surface area contributed by atoms with E-state index in [1.807, 2.05) is 6.20 Å². The van der Waals surface area contributed by atoms with E-state index in [4.69, 9.17) is 0 Å². The van der Waals surface area contributed by atoms with Gasteiger partial charge in [0.2, 0.25) is 0 Å². The Balaban J connectivity index is 2.65. The minimum absolute atomic E-state index is 0.715. The molecule has 2 heteroatoms. The molecule has 0 radical (unpaired) electrons. The van der Waals surface area contributed by atoms with Crippen molar-refractivity contribution in [3.8, 4) is 0 Å². The van der Waals surface area contributed by atoms with E-state index in [1.54, 1.807) is 0 Å². The van der Waals surface area contributed by atoms with Crippen LogP contribution < -0.4 is 4.57 Å². The lowest BCUT2D eigenvalue weighted by Crippen LogP contribution is -2.38. The third-order valence-corrected chi connectivity index (χ3v) is 2.01. The molecule has 1 rings (SSSR count). The summed E-state index contributed by atoms with van der Waals surface area (Å²) in [5.41, 5.74) is 0. The Morgan fingerprint density at radius 3 is 2.46 bits per heavy atom. The molecule has 0 aliphatic heterocycles. The molecular weight excluding hydrogens is 160 g/mol. The lowest BCUT2D eigenvalue weighted by molar-refractivity contribution is -0.708. The minimum Gasteiger partial charge on any atom is -0.248 e. The zero-order valence-corrected chi connectivity index (χ0v) is 9.17. The second-order valence-electron chi connectivity index (χ2n) is 4.55. The number of H-pyrrole nitrogens is 1. The molecule has 13 heavy (non-hydrogen) atoms. The maximum atomic E-state index is 3.31. The zero-order valence-electron chi connectivity index (χ0n) is 9.17. The molecule has 74 valence electrons. The molecule has 0 aliphatic carbocycles. The van der Waals surface area contributed by atoms with E-state index >= 15 is 0 Å². The highest BCUT2D eigenvalue weighted by Crippen LogP contribution is 2.01. The van der Waals surface area contributed by atoms with Gasteiger partial charge in [-0.1, -0.05) is 27.7 Å². The van der Waals surface area contributed by atoms with E-state index in [0.717, 1.165) is 18.9 Å². The summed E-state index contributed by atoms with van der Waals surface area (Å²) in [6.07, 6.45) is 5.30. The SMILES string of the molecule is CC(C)Cc1[nH]cc[n+]1CC(C)C. The van der Waals surface area contributed by atoms with Gasteiger partial charge in [-0.2, -0.15) is 0 Å². The summed E-state index contributed by atoms with van der Waals surface area (Å²) in [6.45, 7) is 10.1. The maximum absolute atomic E-state index is 3.31. The summed E-state index contributed by atoms with van der Waals surface area (Å²) in [5.74, 6) is 2.78. The molecule has 0 saturated carbocycles. The van der Waals surface area contributed by atoms with Crippen molar-refractivity contribution in [2.24, 2.45) is 11.8 Å². The fourth-order valence-electron chi connectivity index (χ4n) is 1.52. The summed E-state index contributed by atoms with van der Waals surface area (Å²) in [6, 6.07) is 0. The van der Waals surface area contributed by atoms with Gasteiger partial charge in [0.25, 0.3) is 5.82 Å². The summed E-state index contributed by atoms with van der Waals surface area (Å²) >= 11 is 0. The van der Waals surface area contributed by atoms with E-state index in [9.17, 15) is 0 Å². The topological polar surface area (TPSA) is 19.7 Å². The molecule has 0 aliphatic rings. The fraction of sp³-hybridized carbons (Fsp3) is 0.727. The van der Waals surface area contributed by atoms with Crippen molar-refractivity contribution >= 4 is 0 Å². The second kappa shape index (κ2) is 4.45. The smallest absolute Gasteiger partial charge is 0.248 e. The molecule has 0 atom stereocenters. The van der Waals surface area contributed by atoms with Gasteiger partial charge in [0, 0.05) is 0 Å². The van der Waals surface area contributed by atoms with E-state index in [1.165, 1.54) is 5.82 Å². The normalized spacial score (nSPS) is 11.5. The molecule has 0 fully saturated rings. The molecule has 1 aromatic heterocycles. The molecule has 0 unspecified atom stereocenters. The van der Waals surface area contributed by atoms with Crippen LogP contribution in [0.4, 0.5) is 0 Å². The van der Waals surface area contributed by atoms with Crippen LogP contribution in [0.3, 0.4) is 0 Å². The number of nitrogens with zero attached hydrogens (tertiary/aromatic N) is 1. The maximum Gasteiger partial charge on any atom is 0.254 e. The summed E-state index contributed by atoms with van der Waals surface area (Å²) < 4.78 is 2.32. The molecule has 1 aromatic rings. The Kier molecular flexibility index (Phi) is 3.52. The Bertz CT molecular complexity index is 224. The minimum atomic E-state index is 0.715. The Morgan fingerprint density at radius 1 is 1.23 bits per heavy atom. The predicted octanol–water partition coefficient (Wildman–Crippen LogP) is 2.16. The lowest BCUT2D eigenvalue weighted by Gasteiger charge is -2.05. The van der Waals surface area contributed by atoms with Crippen LogP contribution in [0.1, 0.15) is 33.5 Å². The van der Waals surface area contributed by atoms with Gasteiger partial charge in [0.05, 0.1) is 13.0 Å². The van der Waals surface area contributed by atoms with Crippen LogP contribution >= 0.6 is 0 Å². The fourth-order valence-corrected chi connectivity index (χ4v) is 1.52. The van der Waals surface area contributed by atoms with Gasteiger partial charge in [0.15, 0.2) is 0 Å². The quantitative estimate of drug-likeness (QED) is 0.687. The van der Waals surface area contributed by atoms with Gasteiger partial charge in [0.1, 0.15) is 12.4 Å². The van der Waals surface area contributed by atoms with Gasteiger partial charge in [-0.05, 0) is 11.8 Å². The first-order chi connectivity index (χ1) is 6.09. The number of aromatic amines is 1. The van der Waals surface area contributed by atoms with Crippen molar-refractivity contribution < 1.29 is 4.57 Å². The summed E-state index contributed by atoms with van der Waals surface area (Å²) in [5, 5.41) is 0. The van der Waals surface area contributed by atoms with Crippen LogP contribution in [-0.4, -0.2) is 4.98 Å². The number of rotatable bonds is 4. The number of imidazole rings is 1. The third kappa shape index (κ3) is 3.21. The molecule has 2 nitrogen and oxygen atoms in total. The number of hydrogen-bond donors (Lipinski definition) is 1. The molecule has 1 heterocycles. The Hall–Kier alpha value is -0.790. The molecular formula is C11H21N2+. The Morgan fingerprint density at radius 2 is 1.92 bits per heavy atom. The first-order valence-electron chi connectivity index (χ1n) is 5.15. The first kappa shape index (κ1) is 10.3. The van der Waals surface area contributed by atoms with Crippen LogP contribution in [0.2, 0.25) is 0 Å². The van der Waals surface area contributed by atoms with Crippen LogP contribution in [0.25, 0.3) is 0 Å². The zero-order chi connectivity index (χ0) is 9.84. The first-order valence-corrected chi connectivity index (χ1v) is 5.15. The number of hydrogen-bond acceptors (Lipinski definition) is 0. The van der Waals surface area contributed by atoms with Gasteiger partial charge >= 0.3 is 0 Å². The molecule has 0 saturated heterocycles. The lowest BCUT2D eigenvalue weighted by atomic mass is 10.1. The number of nitrogens with one attached hydrogen (secondary N) is 1. The molecule has 1 N–H and O–H groups in total. The summed E-state index contributed by atoms with van der Waals surface area (Å²) in [7, 11) is 0. The summed E-state index contributed by atoms with van der Waals surface area (Å²) in [4.78, 5) is 3.31. The van der Waals surface area contributed by atoms with Crippen LogP contribution in [0.15, 0.2) is 12.4 Å². The molecule has 0 aromatic carbocycles. The monoisotopic (exact) mass is 181 g/mol. The molecule has 0 spiro atoms. The van der Waals surface area contributed by atoms with Crippen molar-refractivity contribution in [2.75, 3.05) is 0 Å². The van der Waals surface area contributed by atoms with Crippen molar-refractivity contribution in [1.29, 1.82) is 0 Å². The van der Waals surface area contributed by atoms with E-state index < -0.39 is 0 Å². The van der Waals surface area contributed by atoms with Crippen LogP contribution in [0.5, 0.6) is 0 Å². The van der Waals surface area contributed by atoms with Crippen molar-refractivity contribution in [3.63, 3.8) is 0 Å². The van der Waals surface area contributed by atoms with Gasteiger partial charge < -0.3 is 0 Å². The van der Waals surface area contributed by atoms with Crippen molar-refractivity contribution in [2.45, 2.75) is 40.7 Å². The van der Waals surface area contributed by atoms with Gasteiger partial charge in [-0.3, -0.25) is 0 Å². The van der Waals surface area contributed by atoms with Gasteiger partial charge in [-0.25, -0.2) is 9.55 Å². The van der Waals surface area contributed by atoms with E-state index in [0.29, 0.717) is 5.92 Å². The highest BCUT2D eigenvalue weighted by atomic mass is 15.1. The second-order valence-corrected chi connectivity index (χ2v) is 4.55. The van der Waals surface area contributed by atoms with E-state index in [2.05, 4.69) is 43.4 Å². The van der Waals surface area contributed by atoms with Crippen molar-refractivity contribution in [3.05, 3.63) is 18.2 Å². The predicted molar refractivity (Wildman–Crippen MR) is 54.4 cm³/mol. The molecule has 0 amide bonds. The average molecular weight is 181 g/mol. The van der Waals surface area contributed by atoms with Gasteiger partial charge in [-0.15, -0.1) is 0 Å². The van der Waals surface area contributed by atoms with E-state index in [-0.39, 0.29) is 0 Å².